The van der Waals surface area contributed by atoms with Gasteiger partial charge in [-0.2, -0.15) is 0 Å². The molecule has 154 valence electrons. The fraction of sp³-hybridized carbons (Fsp3) is 0.667. The number of methoxy groups -OCH3 is 1. The van der Waals surface area contributed by atoms with Crippen LogP contribution in [-0.2, 0) is 11.3 Å². The van der Waals surface area contributed by atoms with Crippen molar-refractivity contribution in [2.24, 2.45) is 10.4 Å². The van der Waals surface area contributed by atoms with Crippen LogP contribution in [0.15, 0.2) is 29.3 Å². The monoisotopic (exact) mass is 489 g/mol. The number of guanidine groups is 1. The molecule has 27 heavy (non-hydrogen) atoms. The van der Waals surface area contributed by atoms with Gasteiger partial charge < -0.3 is 20.1 Å². The van der Waals surface area contributed by atoms with E-state index in [9.17, 15) is 0 Å². The Hall–Kier alpha value is -1.02. The van der Waals surface area contributed by atoms with Crippen LogP contribution in [-0.4, -0.2) is 38.9 Å². The smallest absolute Gasteiger partial charge is 0.191 e. The molecule has 0 radical (unpaired) electrons. The van der Waals surface area contributed by atoms with Crippen LogP contribution in [0.3, 0.4) is 0 Å². The first-order valence-corrected chi connectivity index (χ1v) is 9.83. The van der Waals surface area contributed by atoms with Crippen LogP contribution in [0.1, 0.15) is 52.0 Å². The number of halogens is 1. The lowest BCUT2D eigenvalue weighted by molar-refractivity contribution is 0.0732. The largest absolute Gasteiger partial charge is 0.491 e. The van der Waals surface area contributed by atoms with Crippen molar-refractivity contribution in [2.45, 2.75) is 59.1 Å². The highest BCUT2D eigenvalue weighted by molar-refractivity contribution is 14.0. The maximum atomic E-state index is 5.69. The summed E-state index contributed by atoms with van der Waals surface area (Å²) >= 11 is 0. The van der Waals surface area contributed by atoms with Crippen molar-refractivity contribution in [1.82, 2.24) is 10.6 Å². The highest BCUT2D eigenvalue weighted by Crippen LogP contribution is 2.43. The van der Waals surface area contributed by atoms with Crippen LogP contribution in [0, 0.1) is 5.41 Å². The van der Waals surface area contributed by atoms with E-state index in [2.05, 4.69) is 29.7 Å². The van der Waals surface area contributed by atoms with Crippen molar-refractivity contribution in [2.75, 3.05) is 26.8 Å². The Bertz CT molecular complexity index is 557. The standard InChI is InChI=1S/C21H35N3O2.HI/c1-5-22-20(24-16-21(11-6-12-21)13-14-25-4)23-15-18-7-9-19(10-8-18)26-17(2)3;/h7-10,17H,5-6,11-16H2,1-4H3,(H2,22,23,24);1H. The van der Waals surface area contributed by atoms with Gasteiger partial charge in [0.05, 0.1) is 12.6 Å². The Morgan fingerprint density at radius 1 is 1.19 bits per heavy atom. The van der Waals surface area contributed by atoms with E-state index in [-0.39, 0.29) is 30.1 Å². The zero-order chi connectivity index (χ0) is 18.8. The molecule has 1 aromatic rings. The topological polar surface area (TPSA) is 54.9 Å². The third-order valence-electron chi connectivity index (χ3n) is 4.94. The molecular formula is C21H36IN3O2. The van der Waals surface area contributed by atoms with Gasteiger partial charge in [-0.05, 0) is 63.1 Å². The summed E-state index contributed by atoms with van der Waals surface area (Å²) in [5.74, 6) is 1.79. The predicted octanol–water partition coefficient (Wildman–Crippen LogP) is 4.35. The highest BCUT2D eigenvalue weighted by Gasteiger charge is 2.36. The van der Waals surface area contributed by atoms with Crippen molar-refractivity contribution in [3.05, 3.63) is 29.8 Å². The van der Waals surface area contributed by atoms with Gasteiger partial charge in [0.1, 0.15) is 5.75 Å². The van der Waals surface area contributed by atoms with E-state index in [1.807, 2.05) is 26.0 Å². The van der Waals surface area contributed by atoms with E-state index in [1.165, 1.54) is 24.8 Å². The van der Waals surface area contributed by atoms with E-state index in [1.54, 1.807) is 7.11 Å². The average molecular weight is 489 g/mol. The van der Waals surface area contributed by atoms with Gasteiger partial charge in [-0.25, -0.2) is 4.99 Å². The zero-order valence-corrected chi connectivity index (χ0v) is 19.5. The SMILES string of the molecule is CCNC(=NCc1ccc(OC(C)C)cc1)NCC1(CCOC)CCC1.I. The fourth-order valence-corrected chi connectivity index (χ4v) is 3.24. The quantitative estimate of drug-likeness (QED) is 0.292. The predicted molar refractivity (Wildman–Crippen MR) is 123 cm³/mol. The third kappa shape index (κ3) is 8.25. The van der Waals surface area contributed by atoms with Gasteiger partial charge in [0.15, 0.2) is 5.96 Å². The molecule has 6 heteroatoms. The molecule has 0 unspecified atom stereocenters. The lowest BCUT2D eigenvalue weighted by Gasteiger charge is -2.42. The molecule has 0 saturated heterocycles. The highest BCUT2D eigenvalue weighted by atomic mass is 127. The number of hydrogen-bond acceptors (Lipinski definition) is 3. The molecule has 2 N–H and O–H groups in total. The van der Waals surface area contributed by atoms with Crippen LogP contribution < -0.4 is 15.4 Å². The summed E-state index contributed by atoms with van der Waals surface area (Å²) in [5.41, 5.74) is 1.55. The van der Waals surface area contributed by atoms with Gasteiger partial charge in [0.25, 0.3) is 0 Å². The number of benzene rings is 1. The summed E-state index contributed by atoms with van der Waals surface area (Å²) < 4.78 is 11.0. The number of nitrogens with one attached hydrogen (secondary N) is 2. The maximum Gasteiger partial charge on any atom is 0.191 e. The average Bonchev–Trinajstić information content (AvgIpc) is 2.59. The number of aliphatic imine (C=N–C) groups is 1. The number of hydrogen-bond donors (Lipinski definition) is 2. The van der Waals surface area contributed by atoms with Crippen LogP contribution in [0.5, 0.6) is 5.75 Å². The second kappa shape index (κ2) is 12.4. The molecule has 1 saturated carbocycles. The molecule has 0 amide bonds. The molecule has 0 bridgehead atoms. The minimum absolute atomic E-state index is 0. The molecule has 1 aromatic carbocycles. The number of nitrogens with zero attached hydrogens (tertiary/aromatic N) is 1. The second-order valence-electron chi connectivity index (χ2n) is 7.46. The van der Waals surface area contributed by atoms with Gasteiger partial charge >= 0.3 is 0 Å². The Kier molecular flexibility index (Phi) is 11.1. The fourth-order valence-electron chi connectivity index (χ4n) is 3.24. The van der Waals surface area contributed by atoms with Gasteiger partial charge in [-0.15, -0.1) is 24.0 Å². The lowest BCUT2D eigenvalue weighted by Crippen LogP contribution is -2.46. The molecular weight excluding hydrogens is 453 g/mol. The normalized spacial score (nSPS) is 15.7. The van der Waals surface area contributed by atoms with E-state index in [0.29, 0.717) is 12.0 Å². The minimum atomic E-state index is 0. The minimum Gasteiger partial charge on any atom is -0.491 e. The van der Waals surface area contributed by atoms with E-state index in [4.69, 9.17) is 14.5 Å². The summed E-state index contributed by atoms with van der Waals surface area (Å²) in [4.78, 5) is 4.74. The molecule has 1 aliphatic rings. The van der Waals surface area contributed by atoms with Crippen LogP contribution >= 0.6 is 24.0 Å². The van der Waals surface area contributed by atoms with Crippen molar-refractivity contribution < 1.29 is 9.47 Å². The molecule has 0 aliphatic heterocycles. The van der Waals surface area contributed by atoms with E-state index >= 15 is 0 Å². The molecule has 0 aromatic heterocycles. The molecule has 1 fully saturated rings. The van der Waals surface area contributed by atoms with Crippen molar-refractivity contribution >= 4 is 29.9 Å². The Labute approximate surface area is 181 Å². The summed E-state index contributed by atoms with van der Waals surface area (Å²) in [6.07, 6.45) is 5.19. The van der Waals surface area contributed by atoms with Crippen molar-refractivity contribution in [3.63, 3.8) is 0 Å². The summed E-state index contributed by atoms with van der Waals surface area (Å²) in [6.45, 7) is 9.48. The lowest BCUT2D eigenvalue weighted by atomic mass is 9.67. The Morgan fingerprint density at radius 3 is 2.41 bits per heavy atom. The van der Waals surface area contributed by atoms with Crippen molar-refractivity contribution in [3.8, 4) is 5.75 Å². The van der Waals surface area contributed by atoms with E-state index < -0.39 is 0 Å². The second-order valence-corrected chi connectivity index (χ2v) is 7.46. The number of ether oxygens (including phenoxy) is 2. The summed E-state index contributed by atoms with van der Waals surface area (Å²) in [5, 5.41) is 6.89. The molecule has 0 atom stereocenters. The maximum absolute atomic E-state index is 5.69. The first-order valence-electron chi connectivity index (χ1n) is 9.83. The third-order valence-corrected chi connectivity index (χ3v) is 4.94. The van der Waals surface area contributed by atoms with Gasteiger partial charge in [0.2, 0.25) is 0 Å². The molecule has 1 aliphatic carbocycles. The Balaban J connectivity index is 0.00000364. The number of rotatable bonds is 10. The molecule has 0 spiro atoms. The van der Waals surface area contributed by atoms with Crippen LogP contribution in [0.2, 0.25) is 0 Å². The van der Waals surface area contributed by atoms with Crippen LogP contribution in [0.25, 0.3) is 0 Å². The molecule has 2 rings (SSSR count). The summed E-state index contributed by atoms with van der Waals surface area (Å²) in [6, 6.07) is 8.19. The zero-order valence-electron chi connectivity index (χ0n) is 17.2. The van der Waals surface area contributed by atoms with Crippen LogP contribution in [0.4, 0.5) is 0 Å². The van der Waals surface area contributed by atoms with E-state index in [0.717, 1.165) is 37.8 Å². The first-order chi connectivity index (χ1) is 12.6. The Morgan fingerprint density at radius 2 is 1.89 bits per heavy atom. The molecule has 0 heterocycles. The van der Waals surface area contributed by atoms with Gasteiger partial charge in [0, 0.05) is 26.8 Å². The van der Waals surface area contributed by atoms with Gasteiger partial charge in [-0.1, -0.05) is 18.6 Å². The summed E-state index contributed by atoms with van der Waals surface area (Å²) in [7, 11) is 1.78. The molecule has 5 nitrogen and oxygen atoms in total. The first kappa shape index (κ1) is 24.0. The van der Waals surface area contributed by atoms with Gasteiger partial charge in [-0.3, -0.25) is 0 Å². The van der Waals surface area contributed by atoms with Crippen molar-refractivity contribution in [1.29, 1.82) is 0 Å².